The monoisotopic (exact) mass is 629 g/mol. The summed E-state index contributed by atoms with van der Waals surface area (Å²) < 4.78 is 3.70. The van der Waals surface area contributed by atoms with E-state index in [0.717, 1.165) is 28.1 Å². The first-order chi connectivity index (χ1) is 23.8. The Hall–Kier alpha value is -6.10. The Kier molecular flexibility index (Phi) is 6.05. The fourth-order valence-electron chi connectivity index (χ4n) is 7.05. The van der Waals surface area contributed by atoms with E-state index in [1.54, 1.807) is 0 Å². The molecule has 0 atom stereocenters. The summed E-state index contributed by atoms with van der Waals surface area (Å²) in [6, 6.07) is 58.4. The second kappa shape index (κ2) is 10.7. The molecule has 224 valence electrons. The quantitative estimate of drug-likeness (QED) is 0.194. The van der Waals surface area contributed by atoms with Gasteiger partial charge in [0.05, 0.1) is 27.1 Å². The molecular weight excluding hydrogens is 603 g/mol. The Morgan fingerprint density at radius 1 is 0.417 bits per heavy atom. The molecular formula is C44H27N3S. The highest BCUT2D eigenvalue weighted by Gasteiger charge is 2.19. The lowest BCUT2D eigenvalue weighted by Crippen LogP contribution is -1.96. The number of hydrogen-bond donors (Lipinski definition) is 0. The second-order valence-corrected chi connectivity index (χ2v) is 13.3. The zero-order valence-corrected chi connectivity index (χ0v) is 26.7. The lowest BCUT2D eigenvalue weighted by Gasteiger charge is -2.11. The average molecular weight is 630 g/mol. The van der Waals surface area contributed by atoms with Gasteiger partial charge >= 0.3 is 0 Å². The maximum Gasteiger partial charge on any atom is 0.160 e. The number of rotatable bonds is 4. The first-order valence-electron chi connectivity index (χ1n) is 16.2. The Morgan fingerprint density at radius 3 is 1.77 bits per heavy atom. The zero-order chi connectivity index (χ0) is 31.6. The van der Waals surface area contributed by atoms with Gasteiger partial charge in [0.1, 0.15) is 4.83 Å². The number of thiazole rings is 1. The molecule has 3 nitrogen and oxygen atoms in total. The fourth-order valence-corrected chi connectivity index (χ4v) is 8.28. The van der Waals surface area contributed by atoms with E-state index in [9.17, 15) is 0 Å². The molecule has 10 rings (SSSR count). The topological polar surface area (TPSA) is 30.2 Å². The number of para-hydroxylation sites is 2. The predicted molar refractivity (Wildman–Crippen MR) is 203 cm³/mol. The summed E-state index contributed by atoms with van der Waals surface area (Å²) in [7, 11) is 0. The van der Waals surface area contributed by atoms with Gasteiger partial charge in [0.25, 0.3) is 0 Å². The van der Waals surface area contributed by atoms with Crippen LogP contribution < -0.4 is 0 Å². The van der Waals surface area contributed by atoms with Crippen LogP contribution in [0, 0.1) is 0 Å². The number of benzene rings is 7. The van der Waals surface area contributed by atoms with Gasteiger partial charge in [-0.1, -0.05) is 121 Å². The minimum absolute atomic E-state index is 0.716. The van der Waals surface area contributed by atoms with Gasteiger partial charge in [0.15, 0.2) is 5.82 Å². The van der Waals surface area contributed by atoms with E-state index in [1.807, 2.05) is 11.3 Å². The van der Waals surface area contributed by atoms with Crippen molar-refractivity contribution in [2.24, 2.45) is 0 Å². The molecule has 0 aliphatic heterocycles. The van der Waals surface area contributed by atoms with Crippen molar-refractivity contribution in [2.75, 3.05) is 0 Å². The van der Waals surface area contributed by atoms with Crippen LogP contribution in [-0.2, 0) is 0 Å². The third-order valence-corrected chi connectivity index (χ3v) is 10.5. The van der Waals surface area contributed by atoms with E-state index in [-0.39, 0.29) is 0 Å². The van der Waals surface area contributed by atoms with E-state index in [2.05, 4.69) is 168 Å². The molecule has 0 saturated heterocycles. The standard InChI is InChI=1S/C44H27N3S/c1-3-12-30-24-33(22-20-28(30)10-1)38-27-37(45-43(46-38)35-23-21-29-11-2-4-13-31(29)25-35)32-14-9-15-34(26-32)42-36-16-5-6-17-39(36)47-40-18-7-8-19-41(40)48-44(42)47/h1-27H. The molecule has 10 aromatic rings. The average Bonchev–Trinajstić information content (AvgIpc) is 3.69. The summed E-state index contributed by atoms with van der Waals surface area (Å²) >= 11 is 1.85. The molecule has 0 N–H and O–H groups in total. The SMILES string of the molecule is c1cc(-c2cc(-c3ccc4ccccc4c3)nc(-c3ccc4ccccc4c3)n2)cc(-c2c3ccccc3n3c2sc2ccccc23)c1. The third-order valence-electron chi connectivity index (χ3n) is 9.37. The summed E-state index contributed by atoms with van der Waals surface area (Å²) in [5.41, 5.74) is 9.83. The number of fused-ring (bicyclic) bond motifs is 7. The van der Waals surface area contributed by atoms with Crippen molar-refractivity contribution < 1.29 is 0 Å². The Labute approximate surface area is 281 Å². The van der Waals surface area contributed by atoms with Gasteiger partial charge in [0, 0.05) is 27.6 Å². The Bertz CT molecular complexity index is 2760. The minimum Gasteiger partial charge on any atom is -0.299 e. The summed E-state index contributed by atoms with van der Waals surface area (Å²) in [5, 5.41) is 6.03. The Morgan fingerprint density at radius 2 is 1.00 bits per heavy atom. The zero-order valence-electron chi connectivity index (χ0n) is 25.8. The van der Waals surface area contributed by atoms with Crippen molar-refractivity contribution in [3.8, 4) is 45.0 Å². The summed E-state index contributed by atoms with van der Waals surface area (Å²) in [6.45, 7) is 0. The molecule has 7 aromatic carbocycles. The second-order valence-electron chi connectivity index (χ2n) is 12.3. The molecule has 0 radical (unpaired) electrons. The van der Waals surface area contributed by atoms with Crippen LogP contribution in [0.15, 0.2) is 164 Å². The normalized spacial score (nSPS) is 11.8. The molecule has 0 spiro atoms. The predicted octanol–water partition coefficient (Wildman–Crippen LogP) is 12.1. The van der Waals surface area contributed by atoms with Crippen molar-refractivity contribution in [1.29, 1.82) is 0 Å². The third kappa shape index (κ3) is 4.34. The molecule has 0 bridgehead atoms. The van der Waals surface area contributed by atoms with Crippen LogP contribution in [0.25, 0.3) is 92.5 Å². The molecule has 0 aliphatic carbocycles. The van der Waals surface area contributed by atoms with Crippen LogP contribution in [-0.4, -0.2) is 14.4 Å². The Balaban J connectivity index is 1.19. The smallest absolute Gasteiger partial charge is 0.160 e. The fraction of sp³-hybridized carbons (Fsp3) is 0. The highest BCUT2D eigenvalue weighted by molar-refractivity contribution is 7.24. The van der Waals surface area contributed by atoms with E-state index < -0.39 is 0 Å². The van der Waals surface area contributed by atoms with E-state index in [1.165, 1.54) is 58.6 Å². The van der Waals surface area contributed by atoms with Gasteiger partial charge in [0.2, 0.25) is 0 Å². The molecule has 0 amide bonds. The largest absolute Gasteiger partial charge is 0.299 e. The molecule has 3 aromatic heterocycles. The maximum absolute atomic E-state index is 5.24. The molecule has 0 fully saturated rings. The summed E-state index contributed by atoms with van der Waals surface area (Å²) in [4.78, 5) is 11.7. The van der Waals surface area contributed by atoms with Crippen molar-refractivity contribution in [2.45, 2.75) is 0 Å². The van der Waals surface area contributed by atoms with Gasteiger partial charge in [-0.25, -0.2) is 9.97 Å². The molecule has 0 unspecified atom stereocenters. The van der Waals surface area contributed by atoms with Crippen molar-refractivity contribution in [3.63, 3.8) is 0 Å². The summed E-state index contributed by atoms with van der Waals surface area (Å²) in [5.74, 6) is 0.716. The first kappa shape index (κ1) is 27.1. The van der Waals surface area contributed by atoms with Gasteiger partial charge in [-0.2, -0.15) is 0 Å². The van der Waals surface area contributed by atoms with Crippen LogP contribution in [0.5, 0.6) is 0 Å². The molecule has 48 heavy (non-hydrogen) atoms. The van der Waals surface area contributed by atoms with Crippen molar-refractivity contribution in [3.05, 3.63) is 164 Å². The minimum atomic E-state index is 0.716. The highest BCUT2D eigenvalue weighted by Crippen LogP contribution is 2.43. The van der Waals surface area contributed by atoms with E-state index >= 15 is 0 Å². The van der Waals surface area contributed by atoms with Gasteiger partial charge in [-0.05, 0) is 69.6 Å². The van der Waals surface area contributed by atoms with Crippen LogP contribution in [0.1, 0.15) is 0 Å². The molecule has 3 heterocycles. The first-order valence-corrected chi connectivity index (χ1v) is 17.0. The molecule has 0 saturated carbocycles. The van der Waals surface area contributed by atoms with Crippen LogP contribution in [0.4, 0.5) is 0 Å². The van der Waals surface area contributed by atoms with Crippen LogP contribution in [0.2, 0.25) is 0 Å². The van der Waals surface area contributed by atoms with Crippen LogP contribution >= 0.6 is 11.3 Å². The van der Waals surface area contributed by atoms with Crippen LogP contribution in [0.3, 0.4) is 0 Å². The van der Waals surface area contributed by atoms with E-state index in [4.69, 9.17) is 9.97 Å². The number of hydrogen-bond acceptors (Lipinski definition) is 3. The molecule has 4 heteroatoms. The highest BCUT2D eigenvalue weighted by atomic mass is 32.1. The maximum atomic E-state index is 5.24. The van der Waals surface area contributed by atoms with Crippen molar-refractivity contribution >= 4 is 58.8 Å². The molecule has 0 aliphatic rings. The summed E-state index contributed by atoms with van der Waals surface area (Å²) in [6.07, 6.45) is 0. The van der Waals surface area contributed by atoms with E-state index in [0.29, 0.717) is 5.82 Å². The lowest BCUT2D eigenvalue weighted by molar-refractivity contribution is 1.18. The number of aromatic nitrogens is 3. The van der Waals surface area contributed by atoms with Crippen molar-refractivity contribution in [1.82, 2.24) is 14.4 Å². The van der Waals surface area contributed by atoms with Gasteiger partial charge < -0.3 is 0 Å². The van der Waals surface area contributed by atoms with Gasteiger partial charge in [-0.3, -0.25) is 4.40 Å². The number of nitrogens with zero attached hydrogens (tertiary/aromatic N) is 3. The van der Waals surface area contributed by atoms with Gasteiger partial charge in [-0.15, -0.1) is 11.3 Å². The lowest BCUT2D eigenvalue weighted by atomic mass is 9.99.